The Balaban J connectivity index is 1.75. The third-order valence-corrected chi connectivity index (χ3v) is 5.53. The minimum absolute atomic E-state index is 0.0347. The number of anilines is 1. The second kappa shape index (κ2) is 9.96. The van der Waals surface area contributed by atoms with Gasteiger partial charge in [-0.05, 0) is 31.4 Å². The highest BCUT2D eigenvalue weighted by atomic mass is 35.5. The van der Waals surface area contributed by atoms with Crippen LogP contribution in [0.1, 0.15) is 19.3 Å². The van der Waals surface area contributed by atoms with Gasteiger partial charge in [0.15, 0.2) is 5.16 Å². The van der Waals surface area contributed by atoms with Gasteiger partial charge >= 0.3 is 0 Å². The number of rotatable bonds is 9. The summed E-state index contributed by atoms with van der Waals surface area (Å²) in [6.07, 6.45) is 3.07. The van der Waals surface area contributed by atoms with Crippen molar-refractivity contribution in [3.05, 3.63) is 29.3 Å². The van der Waals surface area contributed by atoms with Crippen LogP contribution in [0.5, 0.6) is 0 Å². The molecule has 1 aliphatic heterocycles. The fraction of sp³-hybridized carbons (Fsp3) is 0.500. The average molecular weight is 410 g/mol. The maximum Gasteiger partial charge on any atom is 0.232 e. The van der Waals surface area contributed by atoms with Crippen molar-refractivity contribution in [2.24, 2.45) is 0 Å². The van der Waals surface area contributed by atoms with E-state index in [1.54, 1.807) is 7.11 Å². The summed E-state index contributed by atoms with van der Waals surface area (Å²) in [6, 6.07) is 7.62. The van der Waals surface area contributed by atoms with Gasteiger partial charge in [-0.15, -0.1) is 10.2 Å². The molecule has 1 aliphatic rings. The van der Waals surface area contributed by atoms with E-state index in [1.807, 2.05) is 28.8 Å². The van der Waals surface area contributed by atoms with Crippen LogP contribution in [-0.2, 0) is 9.53 Å². The SMILES string of the molecule is COCCCNC(=O)CSc1nnc(N2CCCC2)n1-c1ccccc1Cl. The fourth-order valence-electron chi connectivity index (χ4n) is 2.95. The topological polar surface area (TPSA) is 72.3 Å². The van der Waals surface area contributed by atoms with Gasteiger partial charge in [0.2, 0.25) is 11.9 Å². The molecule has 0 spiro atoms. The number of benzene rings is 1. The molecule has 1 amide bonds. The molecule has 1 saturated heterocycles. The number of aromatic nitrogens is 3. The molecular weight excluding hydrogens is 386 g/mol. The van der Waals surface area contributed by atoms with Gasteiger partial charge in [-0.25, -0.2) is 0 Å². The minimum Gasteiger partial charge on any atom is -0.385 e. The number of hydrogen-bond donors (Lipinski definition) is 1. The molecule has 2 heterocycles. The first kappa shape index (κ1) is 20.0. The van der Waals surface area contributed by atoms with Crippen molar-refractivity contribution in [2.45, 2.75) is 24.4 Å². The number of nitrogens with one attached hydrogen (secondary N) is 1. The molecule has 2 aromatic rings. The molecule has 27 heavy (non-hydrogen) atoms. The fourth-order valence-corrected chi connectivity index (χ4v) is 3.94. The number of methoxy groups -OCH3 is 1. The van der Waals surface area contributed by atoms with Gasteiger partial charge in [0.05, 0.1) is 16.5 Å². The van der Waals surface area contributed by atoms with Gasteiger partial charge in [-0.2, -0.15) is 0 Å². The van der Waals surface area contributed by atoms with Crippen molar-refractivity contribution in [3.8, 4) is 5.69 Å². The van der Waals surface area contributed by atoms with E-state index in [2.05, 4.69) is 20.4 Å². The number of nitrogens with zero attached hydrogens (tertiary/aromatic N) is 4. The van der Waals surface area contributed by atoms with E-state index in [0.29, 0.717) is 23.3 Å². The Kier molecular flexibility index (Phi) is 7.37. The van der Waals surface area contributed by atoms with Gasteiger partial charge in [0, 0.05) is 33.4 Å². The molecule has 0 radical (unpaired) electrons. The lowest BCUT2D eigenvalue weighted by Crippen LogP contribution is -2.27. The summed E-state index contributed by atoms with van der Waals surface area (Å²) in [5.74, 6) is 1.02. The first-order valence-electron chi connectivity index (χ1n) is 9.04. The molecule has 1 aromatic heterocycles. The molecule has 0 unspecified atom stereocenters. The number of para-hydroxylation sites is 1. The van der Waals surface area contributed by atoms with E-state index >= 15 is 0 Å². The lowest BCUT2D eigenvalue weighted by Gasteiger charge is -2.19. The molecule has 1 N–H and O–H groups in total. The van der Waals surface area contributed by atoms with E-state index in [1.165, 1.54) is 11.8 Å². The standard InChI is InChI=1S/C18H24ClN5O2S/c1-26-12-6-9-20-16(25)13-27-18-22-21-17(23-10-4-5-11-23)24(18)15-8-3-2-7-14(15)19/h2-3,7-8H,4-6,9-13H2,1H3,(H,20,25). The minimum atomic E-state index is -0.0347. The first-order chi connectivity index (χ1) is 13.2. The van der Waals surface area contributed by atoms with Crippen LogP contribution in [0, 0.1) is 0 Å². The molecule has 1 fully saturated rings. The van der Waals surface area contributed by atoms with Crippen molar-refractivity contribution in [3.63, 3.8) is 0 Å². The predicted molar refractivity (Wildman–Crippen MR) is 108 cm³/mol. The Hall–Kier alpha value is -1.77. The maximum atomic E-state index is 12.1. The van der Waals surface area contributed by atoms with Crippen LogP contribution in [0.15, 0.2) is 29.4 Å². The molecular formula is C18H24ClN5O2S. The first-order valence-corrected chi connectivity index (χ1v) is 10.4. The molecule has 7 nitrogen and oxygen atoms in total. The molecule has 0 aliphatic carbocycles. The molecule has 0 bridgehead atoms. The predicted octanol–water partition coefficient (Wildman–Crippen LogP) is 2.77. The van der Waals surface area contributed by atoms with Crippen LogP contribution < -0.4 is 10.2 Å². The third-order valence-electron chi connectivity index (χ3n) is 4.28. The number of ether oxygens (including phenoxy) is 1. The van der Waals surface area contributed by atoms with E-state index in [9.17, 15) is 4.79 Å². The Bertz CT molecular complexity index is 764. The summed E-state index contributed by atoms with van der Waals surface area (Å²) in [4.78, 5) is 14.3. The smallest absolute Gasteiger partial charge is 0.232 e. The van der Waals surface area contributed by atoms with Crippen LogP contribution in [0.2, 0.25) is 5.02 Å². The van der Waals surface area contributed by atoms with Crippen LogP contribution in [0.4, 0.5) is 5.95 Å². The second-order valence-corrected chi connectivity index (χ2v) is 7.60. The number of carbonyl (C=O) groups excluding carboxylic acids is 1. The van der Waals surface area contributed by atoms with Gasteiger partial charge in [0.1, 0.15) is 0 Å². The summed E-state index contributed by atoms with van der Waals surface area (Å²) in [6.45, 7) is 3.14. The van der Waals surface area contributed by atoms with Crippen molar-refractivity contribution in [2.75, 3.05) is 44.0 Å². The quantitative estimate of drug-likeness (QED) is 0.507. The zero-order chi connectivity index (χ0) is 19.1. The van der Waals surface area contributed by atoms with Crippen molar-refractivity contribution in [1.29, 1.82) is 0 Å². The summed E-state index contributed by atoms with van der Waals surface area (Å²) < 4.78 is 6.94. The average Bonchev–Trinajstić information content (AvgIpc) is 3.33. The normalized spacial score (nSPS) is 13.9. The van der Waals surface area contributed by atoms with Crippen LogP contribution >= 0.6 is 23.4 Å². The zero-order valence-electron chi connectivity index (χ0n) is 15.4. The largest absolute Gasteiger partial charge is 0.385 e. The summed E-state index contributed by atoms with van der Waals surface area (Å²) in [7, 11) is 1.65. The Morgan fingerprint density at radius 1 is 1.30 bits per heavy atom. The zero-order valence-corrected chi connectivity index (χ0v) is 16.9. The number of thioether (sulfide) groups is 1. The van der Waals surface area contributed by atoms with Gasteiger partial charge < -0.3 is 15.0 Å². The van der Waals surface area contributed by atoms with Crippen molar-refractivity contribution >= 4 is 35.2 Å². The molecule has 0 saturated carbocycles. The van der Waals surface area contributed by atoms with E-state index in [-0.39, 0.29) is 11.7 Å². The van der Waals surface area contributed by atoms with Gasteiger partial charge in [0.25, 0.3) is 0 Å². The molecule has 0 atom stereocenters. The van der Waals surface area contributed by atoms with E-state index < -0.39 is 0 Å². The summed E-state index contributed by atoms with van der Waals surface area (Å²) in [5.41, 5.74) is 0.828. The van der Waals surface area contributed by atoms with Crippen LogP contribution in [0.25, 0.3) is 5.69 Å². The van der Waals surface area contributed by atoms with E-state index in [0.717, 1.165) is 44.0 Å². The highest BCUT2D eigenvalue weighted by molar-refractivity contribution is 7.99. The lowest BCUT2D eigenvalue weighted by atomic mass is 10.3. The molecule has 3 rings (SSSR count). The Morgan fingerprint density at radius 3 is 2.81 bits per heavy atom. The Morgan fingerprint density at radius 2 is 2.07 bits per heavy atom. The number of hydrogen-bond acceptors (Lipinski definition) is 6. The van der Waals surface area contributed by atoms with Gasteiger partial charge in [-0.1, -0.05) is 35.5 Å². The van der Waals surface area contributed by atoms with Crippen LogP contribution in [-0.4, -0.2) is 59.8 Å². The number of carbonyl (C=O) groups is 1. The Labute approximate surface area is 168 Å². The van der Waals surface area contributed by atoms with E-state index in [4.69, 9.17) is 16.3 Å². The number of halogens is 1. The molecule has 9 heteroatoms. The molecule has 1 aromatic carbocycles. The monoisotopic (exact) mass is 409 g/mol. The van der Waals surface area contributed by atoms with Crippen LogP contribution in [0.3, 0.4) is 0 Å². The van der Waals surface area contributed by atoms with Gasteiger partial charge in [-0.3, -0.25) is 9.36 Å². The summed E-state index contributed by atoms with van der Waals surface area (Å²) in [5, 5.41) is 12.9. The number of amides is 1. The molecule has 146 valence electrons. The summed E-state index contributed by atoms with van der Waals surface area (Å²) >= 11 is 7.79. The van der Waals surface area contributed by atoms with Crippen molar-refractivity contribution < 1.29 is 9.53 Å². The van der Waals surface area contributed by atoms with Crippen molar-refractivity contribution in [1.82, 2.24) is 20.1 Å². The third kappa shape index (κ3) is 5.15. The highest BCUT2D eigenvalue weighted by Crippen LogP contribution is 2.31. The highest BCUT2D eigenvalue weighted by Gasteiger charge is 2.23. The maximum absolute atomic E-state index is 12.1. The lowest BCUT2D eigenvalue weighted by molar-refractivity contribution is -0.118. The second-order valence-electron chi connectivity index (χ2n) is 6.25.